The van der Waals surface area contributed by atoms with Gasteiger partial charge in [0.2, 0.25) is 0 Å². The first-order valence-electron chi connectivity index (χ1n) is 11.4. The lowest BCUT2D eigenvalue weighted by molar-refractivity contribution is 0.0383. The first kappa shape index (κ1) is 25.5. The van der Waals surface area contributed by atoms with E-state index in [1.807, 2.05) is 6.08 Å². The van der Waals surface area contributed by atoms with E-state index < -0.39 is 6.10 Å². The van der Waals surface area contributed by atoms with Crippen LogP contribution in [0.4, 0.5) is 0 Å². The molecule has 1 atom stereocenters. The van der Waals surface area contributed by atoms with Crippen LogP contribution in [0.1, 0.15) is 116 Å². The van der Waals surface area contributed by atoms with Crippen LogP contribution in [0.3, 0.4) is 0 Å². The Kier molecular flexibility index (Phi) is 22.0. The SMILES string of the molecule is CCCCCCCCCCCCCCCCCCC=COCC(O)CO. The van der Waals surface area contributed by atoms with Gasteiger partial charge in [0.1, 0.15) is 12.7 Å². The molecule has 0 bridgehead atoms. The van der Waals surface area contributed by atoms with Gasteiger partial charge >= 0.3 is 0 Å². The summed E-state index contributed by atoms with van der Waals surface area (Å²) in [5.74, 6) is 0. The topological polar surface area (TPSA) is 49.7 Å². The lowest BCUT2D eigenvalue weighted by Crippen LogP contribution is -2.17. The number of aliphatic hydroxyl groups is 2. The van der Waals surface area contributed by atoms with E-state index >= 15 is 0 Å². The standard InChI is InChI=1S/C23H46O3/c1-2-3-4-5-6-7-8-9-10-11-12-13-14-15-16-17-18-19-20-26-22-23(25)21-24/h19-20,23-25H,2-18,21-22H2,1H3. The van der Waals surface area contributed by atoms with Crippen molar-refractivity contribution < 1.29 is 14.9 Å². The second-order valence-electron chi connectivity index (χ2n) is 7.63. The quantitative estimate of drug-likeness (QED) is 0.178. The highest BCUT2D eigenvalue weighted by Crippen LogP contribution is 2.14. The first-order chi connectivity index (χ1) is 12.8. The molecule has 26 heavy (non-hydrogen) atoms. The van der Waals surface area contributed by atoms with Crippen LogP contribution in [0.2, 0.25) is 0 Å². The Labute approximate surface area is 163 Å². The molecule has 0 saturated heterocycles. The van der Waals surface area contributed by atoms with E-state index in [1.54, 1.807) is 6.26 Å². The molecule has 3 nitrogen and oxygen atoms in total. The van der Waals surface area contributed by atoms with E-state index in [0.717, 1.165) is 6.42 Å². The molecule has 156 valence electrons. The summed E-state index contributed by atoms with van der Waals surface area (Å²) in [5.41, 5.74) is 0. The third-order valence-electron chi connectivity index (χ3n) is 4.92. The summed E-state index contributed by atoms with van der Waals surface area (Å²) in [6.07, 6.45) is 26.3. The number of rotatable bonds is 21. The number of unbranched alkanes of at least 4 members (excludes halogenated alkanes) is 16. The van der Waals surface area contributed by atoms with Gasteiger partial charge < -0.3 is 14.9 Å². The number of hydrogen-bond donors (Lipinski definition) is 2. The molecule has 0 aliphatic carbocycles. The zero-order valence-electron chi connectivity index (χ0n) is 17.5. The molecule has 2 N–H and O–H groups in total. The van der Waals surface area contributed by atoms with Crippen LogP contribution in [0.15, 0.2) is 12.3 Å². The number of hydrogen-bond acceptors (Lipinski definition) is 3. The summed E-state index contributed by atoms with van der Waals surface area (Å²) < 4.78 is 5.12. The molecule has 3 heteroatoms. The second-order valence-corrected chi connectivity index (χ2v) is 7.63. The fraction of sp³-hybridized carbons (Fsp3) is 0.913. The van der Waals surface area contributed by atoms with Gasteiger partial charge in [0, 0.05) is 0 Å². The Morgan fingerprint density at radius 3 is 1.54 bits per heavy atom. The van der Waals surface area contributed by atoms with Crippen LogP contribution in [0, 0.1) is 0 Å². The summed E-state index contributed by atoms with van der Waals surface area (Å²) in [5, 5.41) is 17.7. The van der Waals surface area contributed by atoms with Gasteiger partial charge in [-0.05, 0) is 18.9 Å². The van der Waals surface area contributed by atoms with Gasteiger partial charge in [0.15, 0.2) is 0 Å². The fourth-order valence-corrected chi connectivity index (χ4v) is 3.17. The third-order valence-corrected chi connectivity index (χ3v) is 4.92. The van der Waals surface area contributed by atoms with Crippen molar-refractivity contribution in [1.82, 2.24) is 0 Å². The van der Waals surface area contributed by atoms with Gasteiger partial charge in [0.05, 0.1) is 12.9 Å². The maximum atomic E-state index is 9.10. The van der Waals surface area contributed by atoms with Crippen molar-refractivity contribution in [3.63, 3.8) is 0 Å². The van der Waals surface area contributed by atoms with E-state index in [2.05, 4.69) is 6.92 Å². The molecule has 0 aromatic heterocycles. The van der Waals surface area contributed by atoms with Gasteiger partial charge in [-0.3, -0.25) is 0 Å². The van der Waals surface area contributed by atoms with Crippen molar-refractivity contribution >= 4 is 0 Å². The molecule has 0 aliphatic heterocycles. The van der Waals surface area contributed by atoms with E-state index in [-0.39, 0.29) is 13.2 Å². The van der Waals surface area contributed by atoms with Crippen molar-refractivity contribution in [2.45, 2.75) is 122 Å². The Morgan fingerprint density at radius 1 is 0.692 bits per heavy atom. The number of allylic oxidation sites excluding steroid dienone is 1. The van der Waals surface area contributed by atoms with Crippen LogP contribution < -0.4 is 0 Å². The van der Waals surface area contributed by atoms with E-state index in [1.165, 1.54) is 103 Å². The summed E-state index contributed by atoms with van der Waals surface area (Å²) in [6, 6.07) is 0. The zero-order chi connectivity index (χ0) is 19.1. The van der Waals surface area contributed by atoms with E-state index in [9.17, 15) is 0 Å². The smallest absolute Gasteiger partial charge is 0.115 e. The highest BCUT2D eigenvalue weighted by molar-refractivity contribution is 4.73. The molecule has 0 amide bonds. The van der Waals surface area contributed by atoms with Crippen LogP contribution in [0.25, 0.3) is 0 Å². The lowest BCUT2D eigenvalue weighted by Gasteiger charge is -2.05. The minimum Gasteiger partial charge on any atom is -0.499 e. The Bertz CT molecular complexity index is 279. The van der Waals surface area contributed by atoms with Crippen molar-refractivity contribution in [1.29, 1.82) is 0 Å². The average Bonchev–Trinajstić information content (AvgIpc) is 2.66. The van der Waals surface area contributed by atoms with Crippen LogP contribution >= 0.6 is 0 Å². The minimum atomic E-state index is -0.768. The highest BCUT2D eigenvalue weighted by atomic mass is 16.5. The Hall–Kier alpha value is -0.540. The molecule has 0 rings (SSSR count). The molecule has 0 saturated carbocycles. The summed E-state index contributed by atoms with van der Waals surface area (Å²) in [4.78, 5) is 0. The van der Waals surface area contributed by atoms with Crippen molar-refractivity contribution in [3.05, 3.63) is 12.3 Å². The monoisotopic (exact) mass is 370 g/mol. The van der Waals surface area contributed by atoms with Crippen molar-refractivity contribution in [2.75, 3.05) is 13.2 Å². The first-order valence-corrected chi connectivity index (χ1v) is 11.4. The van der Waals surface area contributed by atoms with Gasteiger partial charge in [-0.15, -0.1) is 0 Å². The molecule has 0 radical (unpaired) electrons. The van der Waals surface area contributed by atoms with Gasteiger partial charge in [-0.25, -0.2) is 0 Å². The molecule has 0 aromatic rings. The summed E-state index contributed by atoms with van der Waals surface area (Å²) >= 11 is 0. The minimum absolute atomic E-state index is 0.173. The molecular formula is C23H46O3. The number of aliphatic hydroxyl groups excluding tert-OH is 2. The van der Waals surface area contributed by atoms with Gasteiger partial charge in [0.25, 0.3) is 0 Å². The maximum Gasteiger partial charge on any atom is 0.115 e. The van der Waals surface area contributed by atoms with Gasteiger partial charge in [-0.2, -0.15) is 0 Å². The molecule has 0 spiro atoms. The predicted octanol–water partition coefficient (Wildman–Crippen LogP) is 6.52. The van der Waals surface area contributed by atoms with E-state index in [0.29, 0.717) is 0 Å². The van der Waals surface area contributed by atoms with Crippen molar-refractivity contribution in [2.24, 2.45) is 0 Å². The number of ether oxygens (including phenoxy) is 1. The molecular weight excluding hydrogens is 324 g/mol. The Morgan fingerprint density at radius 2 is 1.12 bits per heavy atom. The van der Waals surface area contributed by atoms with Crippen LogP contribution in [-0.2, 0) is 4.74 Å². The lowest BCUT2D eigenvalue weighted by atomic mass is 10.0. The second kappa shape index (κ2) is 22.5. The van der Waals surface area contributed by atoms with E-state index in [4.69, 9.17) is 14.9 Å². The van der Waals surface area contributed by atoms with Crippen LogP contribution in [0.5, 0.6) is 0 Å². The summed E-state index contributed by atoms with van der Waals surface area (Å²) in [7, 11) is 0. The van der Waals surface area contributed by atoms with Gasteiger partial charge in [-0.1, -0.05) is 103 Å². The largest absolute Gasteiger partial charge is 0.499 e. The zero-order valence-corrected chi connectivity index (χ0v) is 17.5. The molecule has 0 aromatic carbocycles. The molecule has 0 aliphatic rings. The molecule has 1 unspecified atom stereocenters. The molecule has 0 heterocycles. The highest BCUT2D eigenvalue weighted by Gasteiger charge is 1.98. The third kappa shape index (κ3) is 21.5. The molecule has 0 fully saturated rings. The fourth-order valence-electron chi connectivity index (χ4n) is 3.17. The normalized spacial score (nSPS) is 12.7. The summed E-state index contributed by atoms with van der Waals surface area (Å²) in [6.45, 7) is 2.21. The maximum absolute atomic E-state index is 9.10. The Balaban J connectivity index is 3.06. The predicted molar refractivity (Wildman–Crippen MR) is 112 cm³/mol. The van der Waals surface area contributed by atoms with Crippen LogP contribution in [-0.4, -0.2) is 29.5 Å². The average molecular weight is 371 g/mol. The van der Waals surface area contributed by atoms with Crippen molar-refractivity contribution in [3.8, 4) is 0 Å².